The van der Waals surface area contributed by atoms with Gasteiger partial charge in [-0.2, -0.15) is 13.2 Å². The Morgan fingerprint density at radius 3 is 2.38 bits per heavy atom. The summed E-state index contributed by atoms with van der Waals surface area (Å²) in [5.41, 5.74) is -1.49. The zero-order chi connectivity index (χ0) is 16.2. The van der Waals surface area contributed by atoms with E-state index in [2.05, 4.69) is 4.74 Å². The van der Waals surface area contributed by atoms with Crippen molar-refractivity contribution < 1.29 is 36.6 Å². The van der Waals surface area contributed by atoms with Crippen LogP contribution in [0.4, 0.5) is 17.6 Å². The average Bonchev–Trinajstić information content (AvgIpc) is 2.43. The normalized spacial score (nSPS) is 12.7. The van der Waals surface area contributed by atoms with Crippen LogP contribution >= 0.6 is 0 Å². The fraction of sp³-hybridized carbons (Fsp3) is 0.385. The van der Waals surface area contributed by atoms with Crippen molar-refractivity contribution in [2.75, 3.05) is 7.11 Å². The van der Waals surface area contributed by atoms with Crippen LogP contribution in [0.25, 0.3) is 0 Å². The first-order valence-electron chi connectivity index (χ1n) is 5.77. The van der Waals surface area contributed by atoms with Crippen molar-refractivity contribution in [2.24, 2.45) is 5.92 Å². The van der Waals surface area contributed by atoms with E-state index in [4.69, 9.17) is 4.74 Å². The summed E-state index contributed by atoms with van der Waals surface area (Å²) in [7, 11) is 1.09. The van der Waals surface area contributed by atoms with Gasteiger partial charge in [-0.25, -0.2) is 4.39 Å². The van der Waals surface area contributed by atoms with Crippen molar-refractivity contribution in [1.82, 2.24) is 0 Å². The minimum atomic E-state index is -4.84. The number of methoxy groups -OCH3 is 1. The number of esters is 2. The molecule has 1 aromatic rings. The summed E-state index contributed by atoms with van der Waals surface area (Å²) in [5, 5.41) is 0. The minimum absolute atomic E-state index is 0.0471. The molecule has 0 fully saturated rings. The third-order valence-electron chi connectivity index (χ3n) is 2.63. The lowest BCUT2D eigenvalue weighted by Gasteiger charge is -2.12. The van der Waals surface area contributed by atoms with Crippen molar-refractivity contribution in [3.63, 3.8) is 0 Å². The molecule has 0 aliphatic carbocycles. The fourth-order valence-electron chi connectivity index (χ4n) is 1.43. The van der Waals surface area contributed by atoms with E-state index in [1.807, 2.05) is 0 Å². The highest BCUT2D eigenvalue weighted by Crippen LogP contribution is 2.32. The molecule has 0 spiro atoms. The summed E-state index contributed by atoms with van der Waals surface area (Å²) in [5.74, 6) is -4.38. The van der Waals surface area contributed by atoms with Gasteiger partial charge in [0.15, 0.2) is 5.92 Å². The summed E-state index contributed by atoms with van der Waals surface area (Å²) >= 11 is 0. The molecule has 0 saturated carbocycles. The lowest BCUT2D eigenvalue weighted by molar-refractivity contribution is -0.160. The van der Waals surface area contributed by atoms with Gasteiger partial charge in [-0.05, 0) is 24.6 Å². The molecule has 0 aromatic heterocycles. The predicted molar refractivity (Wildman–Crippen MR) is 62.4 cm³/mol. The standard InChI is InChI=1S/C13H12F4O4/c1-7(11(18)20-2)12(19)21-6-8-3-4-10(14)9(5-8)13(15,16)17/h3-5,7H,6H2,1-2H3. The second-order valence-corrected chi connectivity index (χ2v) is 4.16. The van der Waals surface area contributed by atoms with Crippen LogP contribution in [-0.4, -0.2) is 19.0 Å². The van der Waals surface area contributed by atoms with E-state index in [-0.39, 0.29) is 5.56 Å². The van der Waals surface area contributed by atoms with Crippen molar-refractivity contribution >= 4 is 11.9 Å². The quantitative estimate of drug-likeness (QED) is 0.487. The SMILES string of the molecule is COC(=O)C(C)C(=O)OCc1ccc(F)c(C(F)(F)F)c1. The van der Waals surface area contributed by atoms with Crippen LogP contribution in [0.1, 0.15) is 18.1 Å². The first-order chi connectivity index (χ1) is 9.66. The van der Waals surface area contributed by atoms with Crippen molar-refractivity contribution in [1.29, 1.82) is 0 Å². The van der Waals surface area contributed by atoms with E-state index in [0.717, 1.165) is 13.2 Å². The maximum atomic E-state index is 13.1. The van der Waals surface area contributed by atoms with Gasteiger partial charge in [0.2, 0.25) is 0 Å². The highest BCUT2D eigenvalue weighted by molar-refractivity contribution is 5.94. The Morgan fingerprint density at radius 2 is 1.86 bits per heavy atom. The number of ether oxygens (including phenoxy) is 2. The van der Waals surface area contributed by atoms with Crippen LogP contribution in [0.5, 0.6) is 0 Å². The lowest BCUT2D eigenvalue weighted by Crippen LogP contribution is -2.24. The van der Waals surface area contributed by atoms with Crippen molar-refractivity contribution in [3.8, 4) is 0 Å². The molecule has 116 valence electrons. The highest BCUT2D eigenvalue weighted by atomic mass is 19.4. The molecule has 21 heavy (non-hydrogen) atoms. The zero-order valence-electron chi connectivity index (χ0n) is 11.2. The van der Waals surface area contributed by atoms with Crippen LogP contribution in [0.3, 0.4) is 0 Å². The molecule has 0 radical (unpaired) electrons. The van der Waals surface area contributed by atoms with E-state index in [9.17, 15) is 27.2 Å². The smallest absolute Gasteiger partial charge is 0.419 e. The Hall–Kier alpha value is -2.12. The van der Waals surface area contributed by atoms with Crippen LogP contribution < -0.4 is 0 Å². The lowest BCUT2D eigenvalue weighted by atomic mass is 10.1. The molecule has 0 bridgehead atoms. The van der Waals surface area contributed by atoms with E-state index in [0.29, 0.717) is 12.1 Å². The van der Waals surface area contributed by atoms with Gasteiger partial charge >= 0.3 is 18.1 Å². The molecular weight excluding hydrogens is 296 g/mol. The Bertz CT molecular complexity index is 539. The maximum Gasteiger partial charge on any atom is 0.419 e. The van der Waals surface area contributed by atoms with Gasteiger partial charge < -0.3 is 9.47 Å². The van der Waals surface area contributed by atoms with Gasteiger partial charge in [0.05, 0.1) is 12.7 Å². The van der Waals surface area contributed by atoms with Gasteiger partial charge in [-0.3, -0.25) is 9.59 Å². The number of benzene rings is 1. The molecule has 0 aliphatic heterocycles. The number of carbonyl (C=O) groups excluding carboxylic acids is 2. The number of hydrogen-bond donors (Lipinski definition) is 0. The van der Waals surface area contributed by atoms with Crippen LogP contribution in [0.15, 0.2) is 18.2 Å². The largest absolute Gasteiger partial charge is 0.468 e. The van der Waals surface area contributed by atoms with Gasteiger partial charge in [0, 0.05) is 0 Å². The molecule has 0 aliphatic rings. The van der Waals surface area contributed by atoms with Crippen LogP contribution in [0, 0.1) is 11.7 Å². The number of carbonyl (C=O) groups is 2. The molecule has 1 aromatic carbocycles. The van der Waals surface area contributed by atoms with Gasteiger partial charge in [0.25, 0.3) is 0 Å². The predicted octanol–water partition coefficient (Wildman–Crippen LogP) is 2.70. The summed E-state index contributed by atoms with van der Waals surface area (Å²) in [6, 6.07) is 2.24. The summed E-state index contributed by atoms with van der Waals surface area (Å²) in [4.78, 5) is 22.5. The Balaban J connectivity index is 2.77. The maximum absolute atomic E-state index is 13.1. The van der Waals surface area contributed by atoms with E-state index in [1.54, 1.807) is 0 Å². The second-order valence-electron chi connectivity index (χ2n) is 4.16. The first-order valence-corrected chi connectivity index (χ1v) is 5.77. The molecular formula is C13H12F4O4. The number of hydrogen-bond acceptors (Lipinski definition) is 4. The van der Waals surface area contributed by atoms with Crippen LogP contribution in [0.2, 0.25) is 0 Å². The van der Waals surface area contributed by atoms with E-state index in [1.165, 1.54) is 6.92 Å². The number of rotatable bonds is 4. The molecule has 0 amide bonds. The van der Waals surface area contributed by atoms with Crippen molar-refractivity contribution in [3.05, 3.63) is 35.1 Å². The molecule has 1 unspecified atom stereocenters. The van der Waals surface area contributed by atoms with Gasteiger partial charge in [-0.15, -0.1) is 0 Å². The number of alkyl halides is 3. The second kappa shape index (κ2) is 6.55. The minimum Gasteiger partial charge on any atom is -0.468 e. The highest BCUT2D eigenvalue weighted by Gasteiger charge is 2.34. The van der Waals surface area contributed by atoms with Gasteiger partial charge in [-0.1, -0.05) is 6.07 Å². The molecule has 1 rings (SSSR count). The average molecular weight is 308 g/mol. The summed E-state index contributed by atoms with van der Waals surface area (Å²) < 4.78 is 59.6. The Labute approximate surface area is 117 Å². The summed E-state index contributed by atoms with van der Waals surface area (Å²) in [6.07, 6.45) is -4.84. The first kappa shape index (κ1) is 16.9. The molecule has 1 atom stereocenters. The van der Waals surface area contributed by atoms with Crippen molar-refractivity contribution in [2.45, 2.75) is 19.7 Å². The number of halogens is 4. The molecule has 4 nitrogen and oxygen atoms in total. The fourth-order valence-corrected chi connectivity index (χ4v) is 1.43. The van der Waals surface area contributed by atoms with Crippen LogP contribution in [-0.2, 0) is 31.8 Å². The molecule has 8 heteroatoms. The van der Waals surface area contributed by atoms with E-state index >= 15 is 0 Å². The molecule has 0 saturated heterocycles. The van der Waals surface area contributed by atoms with Gasteiger partial charge in [0.1, 0.15) is 12.4 Å². The zero-order valence-corrected chi connectivity index (χ0v) is 11.2. The molecule has 0 heterocycles. The summed E-state index contributed by atoms with van der Waals surface area (Å²) in [6.45, 7) is 0.726. The van der Waals surface area contributed by atoms with E-state index < -0.39 is 42.0 Å². The molecule has 0 N–H and O–H groups in total. The topological polar surface area (TPSA) is 52.6 Å². The monoisotopic (exact) mass is 308 g/mol. The third-order valence-corrected chi connectivity index (χ3v) is 2.63. The Kier molecular flexibility index (Phi) is 5.28. The Morgan fingerprint density at radius 1 is 1.24 bits per heavy atom. The third kappa shape index (κ3) is 4.44.